The number of carbonyl (C=O) groups is 1. The number of halogens is 2. The first kappa shape index (κ1) is 13.5. The molecular formula is C11H9F2NO4S. The molecule has 19 heavy (non-hydrogen) atoms. The van der Waals surface area contributed by atoms with Gasteiger partial charge >= 0.3 is 11.7 Å². The van der Waals surface area contributed by atoms with Crippen molar-refractivity contribution in [2.75, 3.05) is 0 Å². The van der Waals surface area contributed by atoms with Crippen molar-refractivity contribution in [2.24, 2.45) is 0 Å². The lowest BCUT2D eigenvalue weighted by molar-refractivity contribution is 0.0698. The van der Waals surface area contributed by atoms with Gasteiger partial charge in [0.15, 0.2) is 0 Å². The van der Waals surface area contributed by atoms with Crippen molar-refractivity contribution in [3.05, 3.63) is 29.5 Å². The summed E-state index contributed by atoms with van der Waals surface area (Å²) < 4.78 is 47.6. The van der Waals surface area contributed by atoms with Gasteiger partial charge in [-0.25, -0.2) is 13.2 Å². The van der Waals surface area contributed by atoms with E-state index in [0.29, 0.717) is 11.2 Å². The van der Waals surface area contributed by atoms with E-state index in [1.165, 1.54) is 13.0 Å². The minimum Gasteiger partial charge on any atom is -0.478 e. The summed E-state index contributed by atoms with van der Waals surface area (Å²) in [5.41, 5.74) is 0.582. The fourth-order valence-corrected chi connectivity index (χ4v) is 2.61. The fraction of sp³-hybridized carbons (Fsp3) is 0.182. The molecule has 0 aliphatic carbocycles. The van der Waals surface area contributed by atoms with Gasteiger partial charge in [-0.15, -0.1) is 0 Å². The van der Waals surface area contributed by atoms with Crippen molar-refractivity contribution in [3.8, 4) is 0 Å². The van der Waals surface area contributed by atoms with Crippen LogP contribution >= 0.6 is 0 Å². The van der Waals surface area contributed by atoms with Crippen LogP contribution in [0.3, 0.4) is 0 Å². The number of nitrogens with one attached hydrogen (secondary N) is 1. The molecule has 2 N–H and O–H groups in total. The molecule has 0 aliphatic heterocycles. The standard InChI is InChI=1S/C11H9F2NO4S/c1-5-9(10(15)16)7-4-6(2-3-8(7)14-5)19(17,18)11(12)13/h2-4,11,14H,1H3,(H,15,16). The third-order valence-electron chi connectivity index (χ3n) is 2.73. The number of benzene rings is 1. The Morgan fingerprint density at radius 2 is 2.00 bits per heavy atom. The Morgan fingerprint density at radius 1 is 1.37 bits per heavy atom. The van der Waals surface area contributed by atoms with Crippen molar-refractivity contribution >= 4 is 26.7 Å². The predicted octanol–water partition coefficient (Wildman–Crippen LogP) is 2.17. The Labute approximate surface area is 106 Å². The number of aromatic nitrogens is 1. The molecule has 0 radical (unpaired) electrons. The first-order valence-corrected chi connectivity index (χ1v) is 6.67. The number of carboxylic acids is 1. The lowest BCUT2D eigenvalue weighted by Gasteiger charge is -2.03. The molecule has 0 saturated carbocycles. The smallest absolute Gasteiger partial charge is 0.341 e. The molecule has 102 valence electrons. The molecule has 1 aromatic heterocycles. The molecule has 0 bridgehead atoms. The van der Waals surface area contributed by atoms with Crippen LogP contribution in [0.25, 0.3) is 10.9 Å². The van der Waals surface area contributed by atoms with E-state index in [1.807, 2.05) is 0 Å². The number of hydrogen-bond donors (Lipinski definition) is 2. The molecule has 0 aliphatic rings. The molecular weight excluding hydrogens is 280 g/mol. The summed E-state index contributed by atoms with van der Waals surface area (Å²) in [6.45, 7) is 1.50. The highest BCUT2D eigenvalue weighted by molar-refractivity contribution is 7.91. The van der Waals surface area contributed by atoms with Gasteiger partial charge in [0.25, 0.3) is 0 Å². The van der Waals surface area contributed by atoms with Crippen LogP contribution in [-0.4, -0.2) is 30.2 Å². The van der Waals surface area contributed by atoms with Crippen molar-refractivity contribution in [2.45, 2.75) is 17.6 Å². The van der Waals surface area contributed by atoms with Gasteiger partial charge < -0.3 is 10.1 Å². The van der Waals surface area contributed by atoms with Crippen LogP contribution in [0.5, 0.6) is 0 Å². The fourth-order valence-electron chi connectivity index (χ4n) is 1.86. The van der Waals surface area contributed by atoms with Crippen LogP contribution in [0.1, 0.15) is 16.1 Å². The minimum absolute atomic E-state index is 0.0896. The summed E-state index contributed by atoms with van der Waals surface area (Å²) in [6.07, 6.45) is 0. The number of fused-ring (bicyclic) bond motifs is 1. The average Bonchev–Trinajstić information content (AvgIpc) is 2.63. The van der Waals surface area contributed by atoms with Crippen LogP contribution < -0.4 is 0 Å². The lowest BCUT2D eigenvalue weighted by Crippen LogP contribution is -2.11. The van der Waals surface area contributed by atoms with Crippen molar-refractivity contribution in [1.82, 2.24) is 4.98 Å². The maximum Gasteiger partial charge on any atom is 0.341 e. The molecule has 0 atom stereocenters. The highest BCUT2D eigenvalue weighted by Crippen LogP contribution is 2.27. The molecule has 1 aromatic carbocycles. The maximum atomic E-state index is 12.5. The molecule has 2 aromatic rings. The number of aromatic amines is 1. The lowest BCUT2D eigenvalue weighted by atomic mass is 10.1. The van der Waals surface area contributed by atoms with E-state index in [1.54, 1.807) is 0 Å². The predicted molar refractivity (Wildman–Crippen MR) is 63.2 cm³/mol. The number of sulfone groups is 1. The van der Waals surface area contributed by atoms with E-state index in [2.05, 4.69) is 4.98 Å². The molecule has 0 amide bonds. The second kappa shape index (κ2) is 4.30. The zero-order valence-electron chi connectivity index (χ0n) is 9.65. The van der Waals surface area contributed by atoms with Crippen molar-refractivity contribution < 1.29 is 27.1 Å². The number of aromatic carboxylic acids is 1. The molecule has 5 nitrogen and oxygen atoms in total. The molecule has 0 saturated heterocycles. The largest absolute Gasteiger partial charge is 0.478 e. The monoisotopic (exact) mass is 289 g/mol. The van der Waals surface area contributed by atoms with Gasteiger partial charge in [-0.3, -0.25) is 0 Å². The average molecular weight is 289 g/mol. The number of rotatable bonds is 3. The molecule has 1 heterocycles. The molecule has 0 unspecified atom stereocenters. The molecule has 0 spiro atoms. The number of hydrogen-bond acceptors (Lipinski definition) is 3. The van der Waals surface area contributed by atoms with Gasteiger partial charge in [0, 0.05) is 16.6 Å². The zero-order chi connectivity index (χ0) is 14.4. The van der Waals surface area contributed by atoms with E-state index >= 15 is 0 Å². The van der Waals surface area contributed by atoms with Gasteiger partial charge in [0.2, 0.25) is 9.84 Å². The molecule has 8 heteroatoms. The quantitative estimate of drug-likeness (QED) is 0.906. The third-order valence-corrected chi connectivity index (χ3v) is 4.11. The third kappa shape index (κ3) is 2.07. The number of H-pyrrole nitrogens is 1. The summed E-state index contributed by atoms with van der Waals surface area (Å²) in [6, 6.07) is 3.24. The van der Waals surface area contributed by atoms with Crippen molar-refractivity contribution in [3.63, 3.8) is 0 Å². The Bertz CT molecular complexity index is 764. The van der Waals surface area contributed by atoms with Crippen LogP contribution in [0.15, 0.2) is 23.1 Å². The van der Waals surface area contributed by atoms with Gasteiger partial charge in [-0.05, 0) is 25.1 Å². The van der Waals surface area contributed by atoms with Gasteiger partial charge in [-0.2, -0.15) is 8.78 Å². The first-order chi connectivity index (χ1) is 8.75. The van der Waals surface area contributed by atoms with Crippen LogP contribution in [0.2, 0.25) is 0 Å². The van der Waals surface area contributed by atoms with E-state index in [0.717, 1.165) is 12.1 Å². The second-order valence-corrected chi connectivity index (χ2v) is 5.86. The summed E-state index contributed by atoms with van der Waals surface area (Å²) in [7, 11) is -4.74. The number of aryl methyl sites for hydroxylation is 1. The highest BCUT2D eigenvalue weighted by atomic mass is 32.2. The summed E-state index contributed by atoms with van der Waals surface area (Å²) in [4.78, 5) is 13.2. The maximum absolute atomic E-state index is 12.5. The topological polar surface area (TPSA) is 87.2 Å². The normalized spacial score (nSPS) is 12.2. The van der Waals surface area contributed by atoms with Crippen molar-refractivity contribution in [1.29, 1.82) is 0 Å². The first-order valence-electron chi connectivity index (χ1n) is 5.13. The van der Waals surface area contributed by atoms with E-state index in [9.17, 15) is 22.0 Å². The Balaban J connectivity index is 2.77. The Kier molecular flexibility index (Phi) is 3.05. The van der Waals surface area contributed by atoms with Crippen LogP contribution in [-0.2, 0) is 9.84 Å². The zero-order valence-corrected chi connectivity index (χ0v) is 10.5. The van der Waals surface area contributed by atoms with Gasteiger partial charge in [0.05, 0.1) is 10.5 Å². The molecule has 2 rings (SSSR count). The Morgan fingerprint density at radius 3 is 2.53 bits per heavy atom. The van der Waals surface area contributed by atoms with Crippen LogP contribution in [0, 0.1) is 6.92 Å². The summed E-state index contributed by atoms with van der Waals surface area (Å²) in [5.74, 6) is -4.80. The number of carboxylic acid groups (broad SMARTS) is 1. The summed E-state index contributed by atoms with van der Waals surface area (Å²) in [5, 5.41) is 9.13. The Hall–Kier alpha value is -1.96. The highest BCUT2D eigenvalue weighted by Gasteiger charge is 2.27. The second-order valence-electron chi connectivity index (χ2n) is 3.94. The van der Waals surface area contributed by atoms with E-state index in [-0.39, 0.29) is 10.9 Å². The summed E-state index contributed by atoms with van der Waals surface area (Å²) >= 11 is 0. The SMILES string of the molecule is Cc1[nH]c2ccc(S(=O)(=O)C(F)F)cc2c1C(=O)O. The number of alkyl halides is 2. The van der Waals surface area contributed by atoms with Gasteiger partial charge in [-0.1, -0.05) is 0 Å². The van der Waals surface area contributed by atoms with Gasteiger partial charge in [0.1, 0.15) is 0 Å². The van der Waals surface area contributed by atoms with E-state index in [4.69, 9.17) is 5.11 Å². The molecule has 0 fully saturated rings. The van der Waals surface area contributed by atoms with Crippen LogP contribution in [0.4, 0.5) is 8.78 Å². The minimum atomic E-state index is -4.74. The van der Waals surface area contributed by atoms with E-state index < -0.39 is 26.5 Å².